The van der Waals surface area contributed by atoms with Crippen LogP contribution in [0.4, 0.5) is 13.2 Å². The third-order valence-electron chi connectivity index (χ3n) is 2.12. The van der Waals surface area contributed by atoms with E-state index in [4.69, 9.17) is 10.8 Å². The molecular weight excluding hydrogens is 207 g/mol. The Balaban J connectivity index is 2.92. The van der Waals surface area contributed by atoms with E-state index in [-0.39, 0.29) is 24.2 Å². The van der Waals surface area contributed by atoms with Gasteiger partial charge in [-0.2, -0.15) is 0 Å². The Labute approximate surface area is 85.5 Å². The van der Waals surface area contributed by atoms with Gasteiger partial charge in [0.2, 0.25) is 0 Å². The highest BCUT2D eigenvalue weighted by molar-refractivity contribution is 5.27. The fraction of sp³-hybridized carbons (Fsp3) is 0.400. The van der Waals surface area contributed by atoms with E-state index < -0.39 is 18.3 Å². The van der Waals surface area contributed by atoms with Gasteiger partial charge in [0, 0.05) is 23.8 Å². The second kappa shape index (κ2) is 5.14. The van der Waals surface area contributed by atoms with Crippen molar-refractivity contribution >= 4 is 0 Å². The summed E-state index contributed by atoms with van der Waals surface area (Å²) in [6.07, 6.45) is -2.49. The molecule has 1 aromatic rings. The smallest absolute Gasteiger partial charge is 0.263 e. The van der Waals surface area contributed by atoms with Gasteiger partial charge < -0.3 is 10.8 Å². The van der Waals surface area contributed by atoms with Gasteiger partial charge in [-0.3, -0.25) is 0 Å². The molecule has 0 unspecified atom stereocenters. The number of rotatable bonds is 4. The van der Waals surface area contributed by atoms with Crippen LogP contribution in [0.2, 0.25) is 0 Å². The highest BCUT2D eigenvalue weighted by Gasteiger charge is 2.14. The Bertz CT molecular complexity index is 330. The lowest BCUT2D eigenvalue weighted by Gasteiger charge is -2.12. The molecule has 1 rings (SSSR count). The molecule has 84 valence electrons. The average Bonchev–Trinajstić information content (AvgIpc) is 2.17. The molecule has 3 N–H and O–H groups in total. The van der Waals surface area contributed by atoms with Gasteiger partial charge in [-0.25, -0.2) is 13.2 Å². The van der Waals surface area contributed by atoms with Crippen molar-refractivity contribution in [3.8, 4) is 0 Å². The predicted octanol–water partition coefficient (Wildman–Crippen LogP) is 2.15. The normalized spacial score (nSPS) is 13.2. The maximum absolute atomic E-state index is 13.3. The molecule has 0 aliphatic carbocycles. The largest absolute Gasteiger partial charge is 0.396 e. The fourth-order valence-corrected chi connectivity index (χ4v) is 1.27. The minimum absolute atomic E-state index is 0.147. The summed E-state index contributed by atoms with van der Waals surface area (Å²) < 4.78 is 37.7. The Kier molecular flexibility index (Phi) is 4.11. The molecule has 15 heavy (non-hydrogen) atoms. The third kappa shape index (κ3) is 2.94. The van der Waals surface area contributed by atoms with Crippen LogP contribution in [0.3, 0.4) is 0 Å². The third-order valence-corrected chi connectivity index (χ3v) is 2.12. The Hall–Kier alpha value is -1.07. The van der Waals surface area contributed by atoms with E-state index in [9.17, 15) is 13.2 Å². The van der Waals surface area contributed by atoms with Crippen LogP contribution in [-0.4, -0.2) is 11.7 Å². The van der Waals surface area contributed by atoms with Crippen LogP contribution >= 0.6 is 0 Å². The van der Waals surface area contributed by atoms with Gasteiger partial charge in [0.05, 0.1) is 0 Å². The summed E-state index contributed by atoms with van der Waals surface area (Å²) >= 11 is 0. The number of benzene rings is 1. The summed E-state index contributed by atoms with van der Waals surface area (Å²) in [5, 5.41) is 8.61. The van der Waals surface area contributed by atoms with Crippen molar-refractivity contribution in [1.82, 2.24) is 0 Å². The van der Waals surface area contributed by atoms with E-state index in [0.29, 0.717) is 0 Å². The zero-order valence-corrected chi connectivity index (χ0v) is 7.96. The van der Waals surface area contributed by atoms with Crippen molar-refractivity contribution in [3.05, 3.63) is 35.1 Å². The van der Waals surface area contributed by atoms with Gasteiger partial charge in [-0.15, -0.1) is 0 Å². The summed E-state index contributed by atoms with van der Waals surface area (Å²) in [5.41, 5.74) is 5.32. The van der Waals surface area contributed by atoms with Gasteiger partial charge in [-0.05, 0) is 12.5 Å². The predicted molar refractivity (Wildman–Crippen MR) is 50.0 cm³/mol. The molecule has 0 saturated heterocycles. The van der Waals surface area contributed by atoms with E-state index in [1.165, 1.54) is 6.07 Å². The Morgan fingerprint density at radius 3 is 2.47 bits per heavy atom. The van der Waals surface area contributed by atoms with Crippen LogP contribution in [0.1, 0.15) is 30.0 Å². The number of hydrogen-bond acceptors (Lipinski definition) is 2. The van der Waals surface area contributed by atoms with E-state index >= 15 is 0 Å². The SMILES string of the molecule is N[C@@H](CCO)c1ccc(C(F)F)cc1F. The first-order chi connectivity index (χ1) is 7.06. The van der Waals surface area contributed by atoms with Crippen LogP contribution in [0.5, 0.6) is 0 Å². The van der Waals surface area contributed by atoms with Gasteiger partial charge >= 0.3 is 0 Å². The molecular formula is C10H12F3NO. The van der Waals surface area contributed by atoms with Crippen molar-refractivity contribution in [2.75, 3.05) is 6.61 Å². The number of aliphatic hydroxyl groups excluding tert-OH is 1. The molecule has 0 bridgehead atoms. The van der Waals surface area contributed by atoms with Crippen LogP contribution in [0, 0.1) is 5.82 Å². The quantitative estimate of drug-likeness (QED) is 0.815. The van der Waals surface area contributed by atoms with E-state index in [1.807, 2.05) is 0 Å². The molecule has 1 aromatic carbocycles. The summed E-state index contributed by atoms with van der Waals surface area (Å²) in [6, 6.07) is 2.48. The zero-order valence-electron chi connectivity index (χ0n) is 7.96. The molecule has 1 atom stereocenters. The molecule has 0 heterocycles. The summed E-state index contributed by atoms with van der Waals surface area (Å²) in [5.74, 6) is -0.756. The minimum Gasteiger partial charge on any atom is -0.396 e. The molecule has 0 fully saturated rings. The van der Waals surface area contributed by atoms with Crippen LogP contribution in [0.25, 0.3) is 0 Å². The lowest BCUT2D eigenvalue weighted by molar-refractivity contribution is 0.151. The van der Waals surface area contributed by atoms with Gasteiger partial charge in [0.1, 0.15) is 5.82 Å². The first kappa shape index (κ1) is 12.0. The van der Waals surface area contributed by atoms with E-state index in [2.05, 4.69) is 0 Å². The minimum atomic E-state index is -2.69. The molecule has 0 saturated carbocycles. The van der Waals surface area contributed by atoms with E-state index in [0.717, 1.165) is 12.1 Å². The molecule has 5 heteroatoms. The molecule has 2 nitrogen and oxygen atoms in total. The maximum atomic E-state index is 13.3. The highest BCUT2D eigenvalue weighted by atomic mass is 19.3. The highest BCUT2D eigenvalue weighted by Crippen LogP contribution is 2.24. The van der Waals surface area contributed by atoms with Crippen molar-refractivity contribution < 1.29 is 18.3 Å². The van der Waals surface area contributed by atoms with Gasteiger partial charge in [0.15, 0.2) is 0 Å². The topological polar surface area (TPSA) is 46.2 Å². The number of aliphatic hydroxyl groups is 1. The summed E-state index contributed by atoms with van der Waals surface area (Å²) in [6.45, 7) is -0.169. The zero-order chi connectivity index (χ0) is 11.4. The second-order valence-corrected chi connectivity index (χ2v) is 3.20. The summed E-state index contributed by atoms with van der Waals surface area (Å²) in [4.78, 5) is 0. The molecule has 0 amide bonds. The Morgan fingerprint density at radius 2 is 2.00 bits per heavy atom. The Morgan fingerprint density at radius 1 is 1.33 bits per heavy atom. The van der Waals surface area contributed by atoms with E-state index in [1.54, 1.807) is 0 Å². The fourth-order valence-electron chi connectivity index (χ4n) is 1.27. The monoisotopic (exact) mass is 219 g/mol. The maximum Gasteiger partial charge on any atom is 0.263 e. The van der Waals surface area contributed by atoms with Gasteiger partial charge in [-0.1, -0.05) is 12.1 Å². The van der Waals surface area contributed by atoms with Crippen molar-refractivity contribution in [3.63, 3.8) is 0 Å². The number of hydrogen-bond donors (Lipinski definition) is 2. The van der Waals surface area contributed by atoms with Crippen LogP contribution < -0.4 is 5.73 Å². The van der Waals surface area contributed by atoms with Crippen LogP contribution in [0.15, 0.2) is 18.2 Å². The number of nitrogens with two attached hydrogens (primary N) is 1. The second-order valence-electron chi connectivity index (χ2n) is 3.20. The molecule has 0 aliphatic heterocycles. The lowest BCUT2D eigenvalue weighted by Crippen LogP contribution is -2.13. The number of halogens is 3. The molecule has 0 aliphatic rings. The van der Waals surface area contributed by atoms with Gasteiger partial charge in [0.25, 0.3) is 6.43 Å². The van der Waals surface area contributed by atoms with Crippen molar-refractivity contribution in [2.24, 2.45) is 5.73 Å². The van der Waals surface area contributed by atoms with Crippen molar-refractivity contribution in [2.45, 2.75) is 18.9 Å². The molecule has 0 aromatic heterocycles. The van der Waals surface area contributed by atoms with Crippen molar-refractivity contribution in [1.29, 1.82) is 0 Å². The lowest BCUT2D eigenvalue weighted by atomic mass is 10.0. The standard InChI is InChI=1S/C10H12F3NO/c11-8-5-6(10(12)13)1-2-7(8)9(14)3-4-15/h1-2,5,9-10,15H,3-4,14H2/t9-/m0/s1. The average molecular weight is 219 g/mol. The molecule has 0 spiro atoms. The summed E-state index contributed by atoms with van der Waals surface area (Å²) in [7, 11) is 0. The first-order valence-corrected chi connectivity index (χ1v) is 4.50. The molecule has 0 radical (unpaired) electrons. The van der Waals surface area contributed by atoms with Crippen LogP contribution in [-0.2, 0) is 0 Å². The number of alkyl halides is 2. The first-order valence-electron chi connectivity index (χ1n) is 4.50.